The Balaban J connectivity index is 1.99. The van der Waals surface area contributed by atoms with Gasteiger partial charge in [-0.25, -0.2) is 0 Å². The van der Waals surface area contributed by atoms with E-state index in [1.807, 2.05) is 47.0 Å². The predicted molar refractivity (Wildman–Crippen MR) is 94.8 cm³/mol. The summed E-state index contributed by atoms with van der Waals surface area (Å²) < 4.78 is 1.93. The Labute approximate surface area is 135 Å². The molecule has 0 aliphatic carbocycles. The molecule has 0 saturated heterocycles. The SMILES string of the molecule is Oc1c(C2=NCCCCC2)c2ccccc2n1-c1ccccc1. The number of hydrogen-bond acceptors (Lipinski definition) is 2. The predicted octanol–water partition coefficient (Wildman–Crippen LogP) is 4.70. The molecule has 1 aliphatic heterocycles. The first-order valence-electron chi connectivity index (χ1n) is 8.28. The van der Waals surface area contributed by atoms with Gasteiger partial charge < -0.3 is 5.11 Å². The van der Waals surface area contributed by atoms with E-state index >= 15 is 0 Å². The molecule has 2 aromatic carbocycles. The summed E-state index contributed by atoms with van der Waals surface area (Å²) in [5.74, 6) is 0.304. The summed E-state index contributed by atoms with van der Waals surface area (Å²) >= 11 is 0. The van der Waals surface area contributed by atoms with E-state index in [4.69, 9.17) is 4.99 Å². The third kappa shape index (κ3) is 2.42. The Morgan fingerprint density at radius 1 is 0.870 bits per heavy atom. The van der Waals surface area contributed by atoms with E-state index < -0.39 is 0 Å². The molecule has 3 heteroatoms. The minimum absolute atomic E-state index is 0.304. The number of aromatic hydroxyl groups is 1. The van der Waals surface area contributed by atoms with Gasteiger partial charge in [0.15, 0.2) is 0 Å². The zero-order chi connectivity index (χ0) is 15.6. The number of rotatable bonds is 2. The molecule has 0 amide bonds. The molecule has 3 nitrogen and oxygen atoms in total. The fourth-order valence-electron chi connectivity index (χ4n) is 3.43. The molecular weight excluding hydrogens is 284 g/mol. The highest BCUT2D eigenvalue weighted by Gasteiger charge is 2.21. The maximum absolute atomic E-state index is 11.0. The van der Waals surface area contributed by atoms with E-state index in [1.54, 1.807) is 0 Å². The Hall–Kier alpha value is -2.55. The van der Waals surface area contributed by atoms with E-state index in [-0.39, 0.29) is 0 Å². The lowest BCUT2D eigenvalue weighted by Crippen LogP contribution is -2.01. The molecular formula is C20H20N2O. The second-order valence-electron chi connectivity index (χ2n) is 6.03. The van der Waals surface area contributed by atoms with Crippen LogP contribution in [-0.4, -0.2) is 21.9 Å². The van der Waals surface area contributed by atoms with Crippen molar-refractivity contribution in [3.05, 3.63) is 60.2 Å². The smallest absolute Gasteiger partial charge is 0.206 e. The van der Waals surface area contributed by atoms with Gasteiger partial charge in [-0.05, 0) is 37.5 Å². The van der Waals surface area contributed by atoms with Crippen LogP contribution >= 0.6 is 0 Å². The molecule has 1 aromatic heterocycles. The Morgan fingerprint density at radius 3 is 2.52 bits per heavy atom. The molecule has 0 fully saturated rings. The van der Waals surface area contributed by atoms with Gasteiger partial charge in [-0.1, -0.05) is 42.8 Å². The van der Waals surface area contributed by atoms with Gasteiger partial charge in [0.2, 0.25) is 5.88 Å². The molecule has 3 aromatic rings. The number of aromatic nitrogens is 1. The number of fused-ring (bicyclic) bond motifs is 1. The zero-order valence-electron chi connectivity index (χ0n) is 13.1. The molecule has 0 unspecified atom stereocenters. The number of nitrogens with zero attached hydrogens (tertiary/aromatic N) is 2. The monoisotopic (exact) mass is 304 g/mol. The number of para-hydroxylation sites is 2. The quantitative estimate of drug-likeness (QED) is 0.732. The van der Waals surface area contributed by atoms with E-state index in [2.05, 4.69) is 12.1 Å². The third-order valence-electron chi connectivity index (χ3n) is 4.53. The molecule has 23 heavy (non-hydrogen) atoms. The van der Waals surface area contributed by atoms with E-state index in [1.165, 1.54) is 6.42 Å². The minimum atomic E-state index is 0.304. The topological polar surface area (TPSA) is 37.5 Å². The fraction of sp³-hybridized carbons (Fsp3) is 0.250. The van der Waals surface area contributed by atoms with Crippen molar-refractivity contribution in [1.29, 1.82) is 0 Å². The molecule has 116 valence electrons. The molecule has 0 bridgehead atoms. The maximum atomic E-state index is 11.0. The molecule has 0 atom stereocenters. The lowest BCUT2D eigenvalue weighted by atomic mass is 10.0. The highest BCUT2D eigenvalue weighted by Crippen LogP contribution is 2.36. The van der Waals surface area contributed by atoms with Crippen molar-refractivity contribution >= 4 is 16.6 Å². The minimum Gasteiger partial charge on any atom is -0.494 e. The van der Waals surface area contributed by atoms with E-state index in [0.29, 0.717) is 5.88 Å². The normalized spacial score (nSPS) is 15.4. The van der Waals surface area contributed by atoms with Gasteiger partial charge in [-0.15, -0.1) is 0 Å². The van der Waals surface area contributed by atoms with Crippen molar-refractivity contribution in [2.45, 2.75) is 25.7 Å². The van der Waals surface area contributed by atoms with Gasteiger partial charge in [0, 0.05) is 23.3 Å². The standard InChI is InChI=1S/C20H20N2O/c23-20-19(17-12-5-2-8-14-21-17)16-11-6-7-13-18(16)22(20)15-9-3-1-4-10-15/h1,3-4,6-7,9-11,13,23H,2,5,8,12,14H2. The van der Waals surface area contributed by atoms with Crippen molar-refractivity contribution in [1.82, 2.24) is 4.57 Å². The van der Waals surface area contributed by atoms with Gasteiger partial charge in [-0.3, -0.25) is 9.56 Å². The van der Waals surface area contributed by atoms with Gasteiger partial charge in [-0.2, -0.15) is 0 Å². The van der Waals surface area contributed by atoms with E-state index in [9.17, 15) is 5.11 Å². The van der Waals surface area contributed by atoms with Crippen molar-refractivity contribution in [3.8, 4) is 11.6 Å². The van der Waals surface area contributed by atoms with Crippen LogP contribution in [0.1, 0.15) is 31.2 Å². The van der Waals surface area contributed by atoms with Crippen LogP contribution < -0.4 is 0 Å². The first-order chi connectivity index (χ1) is 11.4. The molecule has 2 heterocycles. The number of hydrogen-bond donors (Lipinski definition) is 1. The Bertz CT molecular complexity index is 862. The molecule has 0 radical (unpaired) electrons. The lowest BCUT2D eigenvalue weighted by molar-refractivity contribution is 0.444. The van der Waals surface area contributed by atoms with Gasteiger partial charge in [0.1, 0.15) is 0 Å². The summed E-state index contributed by atoms with van der Waals surface area (Å²) in [6.45, 7) is 0.861. The highest BCUT2D eigenvalue weighted by atomic mass is 16.3. The van der Waals surface area contributed by atoms with Gasteiger partial charge >= 0.3 is 0 Å². The highest BCUT2D eigenvalue weighted by molar-refractivity contribution is 6.13. The van der Waals surface area contributed by atoms with Crippen LogP contribution in [-0.2, 0) is 0 Å². The molecule has 0 spiro atoms. The molecule has 0 saturated carbocycles. The summed E-state index contributed by atoms with van der Waals surface area (Å²) in [4.78, 5) is 4.75. The fourth-order valence-corrected chi connectivity index (χ4v) is 3.43. The van der Waals surface area contributed by atoms with Crippen molar-refractivity contribution in [2.75, 3.05) is 6.54 Å². The third-order valence-corrected chi connectivity index (χ3v) is 4.53. The summed E-state index contributed by atoms with van der Waals surface area (Å²) in [5.41, 5.74) is 3.96. The summed E-state index contributed by atoms with van der Waals surface area (Å²) in [7, 11) is 0. The molecule has 1 aliphatic rings. The van der Waals surface area contributed by atoms with Crippen LogP contribution in [0.4, 0.5) is 0 Å². The summed E-state index contributed by atoms with van der Waals surface area (Å²) in [6.07, 6.45) is 4.44. The van der Waals surface area contributed by atoms with Crippen LogP contribution in [0.3, 0.4) is 0 Å². The second-order valence-corrected chi connectivity index (χ2v) is 6.03. The average Bonchev–Trinajstić information content (AvgIpc) is 2.75. The van der Waals surface area contributed by atoms with Crippen LogP contribution in [0, 0.1) is 0 Å². The van der Waals surface area contributed by atoms with Crippen molar-refractivity contribution in [2.24, 2.45) is 4.99 Å². The Kier molecular flexibility index (Phi) is 3.62. The average molecular weight is 304 g/mol. The Morgan fingerprint density at radius 2 is 1.65 bits per heavy atom. The maximum Gasteiger partial charge on any atom is 0.206 e. The molecule has 1 N–H and O–H groups in total. The lowest BCUT2D eigenvalue weighted by Gasteiger charge is -2.07. The van der Waals surface area contributed by atoms with Crippen LogP contribution in [0.25, 0.3) is 16.6 Å². The molecule has 4 rings (SSSR count). The van der Waals surface area contributed by atoms with Crippen LogP contribution in [0.2, 0.25) is 0 Å². The first-order valence-corrected chi connectivity index (χ1v) is 8.28. The van der Waals surface area contributed by atoms with Gasteiger partial charge in [0.05, 0.1) is 11.1 Å². The first kappa shape index (κ1) is 14.1. The van der Waals surface area contributed by atoms with E-state index in [0.717, 1.165) is 53.7 Å². The summed E-state index contributed by atoms with van der Waals surface area (Å²) in [6, 6.07) is 18.2. The second kappa shape index (κ2) is 5.92. The largest absolute Gasteiger partial charge is 0.494 e. The number of benzene rings is 2. The van der Waals surface area contributed by atoms with Crippen LogP contribution in [0.5, 0.6) is 5.88 Å². The zero-order valence-corrected chi connectivity index (χ0v) is 13.1. The van der Waals surface area contributed by atoms with Crippen LogP contribution in [0.15, 0.2) is 59.6 Å². The van der Waals surface area contributed by atoms with Gasteiger partial charge in [0.25, 0.3) is 0 Å². The number of aliphatic imine (C=N–C) groups is 1. The van der Waals surface area contributed by atoms with Crippen molar-refractivity contribution in [3.63, 3.8) is 0 Å². The summed E-state index contributed by atoms with van der Waals surface area (Å²) in [5, 5.41) is 12.1. The van der Waals surface area contributed by atoms with Crippen molar-refractivity contribution < 1.29 is 5.11 Å².